The molecule has 0 aromatic carbocycles. The Balaban J connectivity index is 2.47. The molecule has 1 rings (SSSR count). The molecule has 0 radical (unpaired) electrons. The molecule has 0 N–H and O–H groups in total. The maximum absolute atomic E-state index is 11.1. The van der Waals surface area contributed by atoms with Gasteiger partial charge >= 0.3 is 83.2 Å². The molecule has 0 aromatic heterocycles. The number of carbonyl (C=O) groups is 1. The van der Waals surface area contributed by atoms with Gasteiger partial charge in [0.05, 0.1) is 0 Å². The van der Waals surface area contributed by atoms with Crippen LogP contribution in [0.2, 0.25) is 0 Å². The van der Waals surface area contributed by atoms with E-state index in [4.69, 9.17) is 4.74 Å². The van der Waals surface area contributed by atoms with Crippen LogP contribution >= 0.6 is 0 Å². The average molecular weight is 347 g/mol. The van der Waals surface area contributed by atoms with Gasteiger partial charge in [-0.3, -0.25) is 0 Å². The summed E-state index contributed by atoms with van der Waals surface area (Å²) in [6, 6.07) is 0.0822. The molecule has 0 amide bonds. The van der Waals surface area contributed by atoms with E-state index in [-0.39, 0.29) is 12.0 Å². The van der Waals surface area contributed by atoms with E-state index < -0.39 is 0 Å². The maximum atomic E-state index is 11.1. The zero-order chi connectivity index (χ0) is 8.27. The number of nitrogens with zero attached hydrogens (tertiary/aromatic N) is 1. The molecule has 3 nitrogen and oxygen atoms in total. The summed E-state index contributed by atoms with van der Waals surface area (Å²) in [6.07, 6.45) is 3.40. The van der Waals surface area contributed by atoms with Crippen molar-refractivity contribution < 1.29 is 9.53 Å². The quantitative estimate of drug-likeness (QED) is 0.498. The molecule has 4 heteroatoms. The van der Waals surface area contributed by atoms with Gasteiger partial charge in [0.2, 0.25) is 0 Å². The molecule has 60 valence electrons. The number of hydrogen-bond donors (Lipinski definition) is 0. The molecule has 0 aromatic rings. The summed E-state index contributed by atoms with van der Waals surface area (Å²) in [7, 11) is 1.47. The van der Waals surface area contributed by atoms with E-state index in [1.165, 1.54) is 20.0 Å². The zero-order valence-corrected chi connectivity index (χ0v) is 11.2. The second-order valence-electron chi connectivity index (χ2n) is 2.77. The Morgan fingerprint density at radius 3 is 2.91 bits per heavy atom. The van der Waals surface area contributed by atoms with Crippen LogP contribution in [0.15, 0.2) is 0 Å². The third-order valence-electron chi connectivity index (χ3n) is 2.02. The van der Waals surface area contributed by atoms with Gasteiger partial charge in [0, 0.05) is 0 Å². The minimum atomic E-state index is -0.0489. The van der Waals surface area contributed by atoms with Crippen molar-refractivity contribution in [2.75, 3.05) is 13.7 Å². The Kier molecular flexibility index (Phi) is 3.77. The van der Waals surface area contributed by atoms with Crippen molar-refractivity contribution in [3.05, 3.63) is 0 Å². The van der Waals surface area contributed by atoms with Crippen LogP contribution in [-0.4, -0.2) is 54.4 Å². The van der Waals surface area contributed by atoms with Crippen LogP contribution in [0.25, 0.3) is 0 Å². The van der Waals surface area contributed by atoms with Crippen molar-refractivity contribution in [2.45, 2.75) is 25.3 Å². The van der Waals surface area contributed by atoms with Crippen LogP contribution < -0.4 is 0 Å². The summed E-state index contributed by atoms with van der Waals surface area (Å²) in [5, 5.41) is 0. The molecule has 1 aliphatic rings. The van der Waals surface area contributed by atoms with Crippen LogP contribution in [0.5, 0.6) is 0 Å². The molecule has 0 unspecified atom stereocenters. The van der Waals surface area contributed by atoms with Crippen molar-refractivity contribution in [1.29, 1.82) is 0 Å². The fourth-order valence-corrected chi connectivity index (χ4v) is 3.11. The third kappa shape index (κ3) is 2.40. The van der Waals surface area contributed by atoms with Gasteiger partial charge in [-0.2, -0.15) is 0 Å². The first kappa shape index (κ1) is 9.44. The predicted molar refractivity (Wildman–Crippen MR) is 42.1 cm³/mol. The van der Waals surface area contributed by atoms with E-state index >= 15 is 0 Å². The Morgan fingerprint density at radius 1 is 1.64 bits per heavy atom. The summed E-state index contributed by atoms with van der Waals surface area (Å²) in [5.41, 5.74) is 0. The van der Waals surface area contributed by atoms with Gasteiger partial charge < -0.3 is 0 Å². The molecule has 1 aliphatic heterocycles. The van der Waals surface area contributed by atoms with Gasteiger partial charge in [-0.1, -0.05) is 0 Å². The summed E-state index contributed by atoms with van der Waals surface area (Å²) in [6.45, 7) is 1.09. The number of esters is 1. The van der Waals surface area contributed by atoms with Gasteiger partial charge in [0.1, 0.15) is 0 Å². The van der Waals surface area contributed by atoms with E-state index in [0.29, 0.717) is 0 Å². The monoisotopic (exact) mass is 347 g/mol. The van der Waals surface area contributed by atoms with Crippen molar-refractivity contribution in [3.8, 4) is 0 Å². The Hall–Kier alpha value is 0.352. The third-order valence-corrected chi connectivity index (χ3v) is 4.42. The van der Waals surface area contributed by atoms with Crippen molar-refractivity contribution in [2.24, 2.45) is 0 Å². The average Bonchev–Trinajstić information content (AvgIpc) is 2.04. The van der Waals surface area contributed by atoms with Crippen molar-refractivity contribution in [3.63, 3.8) is 0 Å². The van der Waals surface area contributed by atoms with E-state index in [1.807, 2.05) is 0 Å². The first-order valence-corrected chi connectivity index (χ1v) is 5.85. The SMILES string of the molecule is COC(=O)[C@H]1CCCC[N]1[Tl]. The number of rotatable bonds is 1. The summed E-state index contributed by atoms with van der Waals surface area (Å²) < 4.78 is 6.94. The van der Waals surface area contributed by atoms with Crippen LogP contribution in [-0.2, 0) is 9.53 Å². The van der Waals surface area contributed by atoms with Gasteiger partial charge in [0.15, 0.2) is 0 Å². The number of carbonyl (C=O) groups excluding carboxylic acids is 1. The number of methoxy groups -OCH3 is 1. The summed E-state index contributed by atoms with van der Waals surface area (Å²) in [5.74, 6) is -0.0489. The number of hydrogen-bond acceptors (Lipinski definition) is 3. The van der Waals surface area contributed by atoms with Crippen LogP contribution in [0.3, 0.4) is 0 Å². The number of ether oxygens (including phenoxy) is 1. The van der Waals surface area contributed by atoms with E-state index in [9.17, 15) is 4.79 Å². The zero-order valence-electron chi connectivity index (χ0n) is 6.75. The standard InChI is InChI=1S/C7H12NO2.Tl/c1-10-7(9)6-4-2-3-5-8-6;/h6H,2-5H2,1H3;/q-1;+1/t6-;/m1./s1. The van der Waals surface area contributed by atoms with E-state index in [0.717, 1.165) is 39.0 Å². The molecule has 1 saturated heterocycles. The van der Waals surface area contributed by atoms with Gasteiger partial charge in [0.25, 0.3) is 0 Å². The summed E-state index contributed by atoms with van der Waals surface area (Å²) >= 11 is 0.768. The van der Waals surface area contributed by atoms with Gasteiger partial charge in [-0.05, 0) is 0 Å². The molecule has 0 bridgehead atoms. The second-order valence-corrected chi connectivity index (χ2v) is 5.35. The molecule has 1 fully saturated rings. The van der Waals surface area contributed by atoms with Crippen LogP contribution in [0, 0.1) is 0 Å². The molecule has 1 heterocycles. The first-order valence-electron chi connectivity index (χ1n) is 3.85. The Morgan fingerprint density at radius 2 is 2.36 bits per heavy atom. The topological polar surface area (TPSA) is 29.5 Å². The van der Waals surface area contributed by atoms with Gasteiger partial charge in [-0.15, -0.1) is 0 Å². The van der Waals surface area contributed by atoms with Gasteiger partial charge in [-0.25, -0.2) is 0 Å². The van der Waals surface area contributed by atoms with Crippen LogP contribution in [0.1, 0.15) is 19.3 Å². The van der Waals surface area contributed by atoms with E-state index in [1.54, 1.807) is 0 Å². The predicted octanol–water partition coefficient (Wildman–Crippen LogP) is 0.0974. The Bertz CT molecular complexity index is 151. The van der Waals surface area contributed by atoms with Crippen LogP contribution in [0.4, 0.5) is 0 Å². The second kappa shape index (κ2) is 4.40. The molecular formula is C7H12NO2Tl. The molecule has 0 aliphatic carbocycles. The first-order chi connectivity index (χ1) is 5.25. The molecular weight excluding hydrogens is 334 g/mol. The number of piperidine rings is 1. The molecule has 11 heavy (non-hydrogen) atoms. The summed E-state index contributed by atoms with van der Waals surface area (Å²) in [4.78, 5) is 11.1. The molecule has 0 saturated carbocycles. The minimum absolute atomic E-state index is 0.0489. The fourth-order valence-electron chi connectivity index (χ4n) is 1.34. The normalized spacial score (nSPS) is 26.4. The molecule has 1 atom stereocenters. The van der Waals surface area contributed by atoms with E-state index in [2.05, 4.69) is 2.71 Å². The van der Waals surface area contributed by atoms with Crippen molar-refractivity contribution >= 4 is 32.0 Å². The Labute approximate surface area is 83.2 Å². The fraction of sp³-hybridized carbons (Fsp3) is 0.857. The van der Waals surface area contributed by atoms with Crippen molar-refractivity contribution in [1.82, 2.24) is 2.71 Å². The molecule has 0 spiro atoms.